The zero-order valence-electron chi connectivity index (χ0n) is 20.7. The number of nitrogens with zero attached hydrogens (tertiary/aromatic N) is 3. The number of hydrogen-bond acceptors (Lipinski definition) is 9. The molecule has 0 aliphatic rings. The lowest BCUT2D eigenvalue weighted by molar-refractivity contribution is -0.385. The van der Waals surface area contributed by atoms with Crippen molar-refractivity contribution >= 4 is 45.0 Å². The number of nitro groups is 1. The van der Waals surface area contributed by atoms with Crippen LogP contribution in [-0.2, 0) is 9.53 Å². The fourth-order valence-electron chi connectivity index (χ4n) is 3.75. The molecule has 4 rings (SSSR count). The van der Waals surface area contributed by atoms with Crippen LogP contribution in [0.3, 0.4) is 0 Å². The molecule has 1 N–H and O–H groups in total. The number of aromatic nitrogens is 2. The zero-order valence-corrected chi connectivity index (χ0v) is 22.3. The van der Waals surface area contributed by atoms with E-state index in [0.29, 0.717) is 28.3 Å². The van der Waals surface area contributed by atoms with Gasteiger partial charge in [0.25, 0.3) is 5.69 Å². The number of imidazole rings is 1. The average Bonchev–Trinajstić information content (AvgIpc) is 3.25. The Morgan fingerprint density at radius 1 is 1.13 bits per heavy atom. The van der Waals surface area contributed by atoms with Crippen molar-refractivity contribution in [2.75, 3.05) is 25.6 Å². The highest BCUT2D eigenvalue weighted by molar-refractivity contribution is 9.10. The van der Waals surface area contributed by atoms with E-state index in [1.165, 1.54) is 25.3 Å². The molecule has 4 aromatic rings. The molecule has 0 unspecified atom stereocenters. The maximum atomic E-state index is 12.8. The van der Waals surface area contributed by atoms with Gasteiger partial charge in [-0.2, -0.15) is 0 Å². The summed E-state index contributed by atoms with van der Waals surface area (Å²) < 4.78 is 18.6. The molecule has 0 spiro atoms. The molecule has 12 heteroatoms. The monoisotopic (exact) mass is 582 g/mol. The molecule has 196 valence electrons. The molecule has 38 heavy (non-hydrogen) atoms. The molecule has 0 atom stereocenters. The van der Waals surface area contributed by atoms with E-state index in [1.54, 1.807) is 36.4 Å². The van der Waals surface area contributed by atoms with Crippen LogP contribution in [0.15, 0.2) is 59.2 Å². The molecule has 0 saturated carbocycles. The first-order valence-corrected chi connectivity index (χ1v) is 12.2. The minimum absolute atomic E-state index is 0.0322. The SMILES string of the molecule is CCOC(=O)CNc1c(-c2ccc(OC(=O)c3ccc(C)c([N+](=O)[O-])c3)c(OC)c2)nc2ccc(Br)cn12. The third-order valence-electron chi connectivity index (χ3n) is 5.57. The van der Waals surface area contributed by atoms with Gasteiger partial charge in [-0.1, -0.05) is 6.07 Å². The van der Waals surface area contributed by atoms with Gasteiger partial charge >= 0.3 is 11.9 Å². The van der Waals surface area contributed by atoms with Gasteiger partial charge in [0.2, 0.25) is 0 Å². The van der Waals surface area contributed by atoms with Crippen LogP contribution in [0.1, 0.15) is 22.8 Å². The quantitative estimate of drug-likeness (QED) is 0.122. The standard InChI is InChI=1S/C26H23BrN4O7/c1-4-37-23(32)13-28-25-24(29-22-10-8-18(27)14-30(22)25)16-7-9-20(21(12-16)36-3)38-26(33)17-6-5-15(2)19(11-17)31(34)35/h5-12,14,28H,4,13H2,1-3H3. The summed E-state index contributed by atoms with van der Waals surface area (Å²) in [5.74, 6) is -0.273. The topological polar surface area (TPSA) is 134 Å². The van der Waals surface area contributed by atoms with Gasteiger partial charge < -0.3 is 19.5 Å². The van der Waals surface area contributed by atoms with E-state index < -0.39 is 16.9 Å². The Labute approximate surface area is 225 Å². The smallest absolute Gasteiger partial charge is 0.343 e. The molecule has 11 nitrogen and oxygen atoms in total. The molecule has 0 bridgehead atoms. The maximum absolute atomic E-state index is 12.8. The highest BCUT2D eigenvalue weighted by Gasteiger charge is 2.21. The summed E-state index contributed by atoms with van der Waals surface area (Å²) in [4.78, 5) is 40.1. The molecular formula is C26H23BrN4O7. The van der Waals surface area contributed by atoms with Crippen LogP contribution in [0.2, 0.25) is 0 Å². The zero-order chi connectivity index (χ0) is 27.4. The first-order chi connectivity index (χ1) is 18.2. The first kappa shape index (κ1) is 26.6. The van der Waals surface area contributed by atoms with Crippen LogP contribution >= 0.6 is 15.9 Å². The Hall–Kier alpha value is -4.45. The number of rotatable bonds is 9. The van der Waals surface area contributed by atoms with E-state index in [1.807, 2.05) is 18.3 Å². The minimum atomic E-state index is -0.770. The number of pyridine rings is 1. The van der Waals surface area contributed by atoms with Gasteiger partial charge in [0.15, 0.2) is 11.5 Å². The molecule has 2 aromatic carbocycles. The van der Waals surface area contributed by atoms with E-state index >= 15 is 0 Å². The number of halogens is 1. The lowest BCUT2D eigenvalue weighted by atomic mass is 10.1. The van der Waals surface area contributed by atoms with Crippen LogP contribution < -0.4 is 14.8 Å². The summed E-state index contributed by atoms with van der Waals surface area (Å²) in [6, 6.07) is 12.7. The van der Waals surface area contributed by atoms with Crippen molar-refractivity contribution in [1.29, 1.82) is 0 Å². The van der Waals surface area contributed by atoms with Gasteiger partial charge in [-0.05, 0) is 66.2 Å². The molecule has 2 aromatic heterocycles. The molecule has 0 amide bonds. The molecule has 0 saturated heterocycles. The Bertz CT molecular complexity index is 1550. The van der Waals surface area contributed by atoms with Gasteiger partial charge in [0.1, 0.15) is 23.7 Å². The third-order valence-corrected chi connectivity index (χ3v) is 6.04. The van der Waals surface area contributed by atoms with Crippen molar-refractivity contribution < 1.29 is 28.7 Å². The average molecular weight is 583 g/mol. The second-order valence-electron chi connectivity index (χ2n) is 8.06. The van der Waals surface area contributed by atoms with Crippen LogP contribution in [0.5, 0.6) is 11.5 Å². The number of hydrogen-bond donors (Lipinski definition) is 1. The number of fused-ring (bicyclic) bond motifs is 1. The predicted octanol–water partition coefficient (Wildman–Crippen LogP) is 5.18. The number of esters is 2. The maximum Gasteiger partial charge on any atom is 0.343 e. The first-order valence-electron chi connectivity index (χ1n) is 11.4. The van der Waals surface area contributed by atoms with Gasteiger partial charge in [0, 0.05) is 27.9 Å². The molecule has 0 radical (unpaired) electrons. The van der Waals surface area contributed by atoms with Crippen LogP contribution in [0.25, 0.3) is 16.9 Å². The highest BCUT2D eigenvalue weighted by atomic mass is 79.9. The van der Waals surface area contributed by atoms with Crippen molar-refractivity contribution in [1.82, 2.24) is 9.38 Å². The number of benzene rings is 2. The van der Waals surface area contributed by atoms with Gasteiger partial charge in [-0.25, -0.2) is 9.78 Å². The van der Waals surface area contributed by atoms with Crippen molar-refractivity contribution in [3.63, 3.8) is 0 Å². The summed E-state index contributed by atoms with van der Waals surface area (Å²) in [5.41, 5.74) is 2.06. The summed E-state index contributed by atoms with van der Waals surface area (Å²) in [7, 11) is 1.42. The fourth-order valence-corrected chi connectivity index (χ4v) is 4.08. The lowest BCUT2D eigenvalue weighted by Gasteiger charge is -2.12. The van der Waals surface area contributed by atoms with Crippen molar-refractivity contribution in [2.45, 2.75) is 13.8 Å². The van der Waals surface area contributed by atoms with E-state index in [-0.39, 0.29) is 35.9 Å². The van der Waals surface area contributed by atoms with Crippen molar-refractivity contribution in [3.8, 4) is 22.8 Å². The number of nitrogens with one attached hydrogen (secondary N) is 1. The second-order valence-corrected chi connectivity index (χ2v) is 8.97. The highest BCUT2D eigenvalue weighted by Crippen LogP contribution is 2.36. The molecule has 0 aliphatic carbocycles. The second kappa shape index (κ2) is 11.3. The summed E-state index contributed by atoms with van der Waals surface area (Å²) in [5, 5.41) is 14.3. The van der Waals surface area contributed by atoms with Gasteiger partial charge in [-0.3, -0.25) is 19.3 Å². The summed E-state index contributed by atoms with van der Waals surface area (Å²) >= 11 is 3.45. The number of nitro benzene ring substituents is 1. The molecule has 0 aliphatic heterocycles. The Morgan fingerprint density at radius 2 is 1.92 bits per heavy atom. The number of carbonyl (C=O) groups is 2. The normalized spacial score (nSPS) is 10.7. The van der Waals surface area contributed by atoms with E-state index in [0.717, 1.165) is 4.47 Å². The van der Waals surface area contributed by atoms with E-state index in [4.69, 9.17) is 19.2 Å². The molecular weight excluding hydrogens is 560 g/mol. The summed E-state index contributed by atoms with van der Waals surface area (Å²) in [6.45, 7) is 3.51. The Balaban J connectivity index is 1.68. The van der Waals surface area contributed by atoms with Crippen molar-refractivity contribution in [3.05, 3.63) is 80.4 Å². The third kappa shape index (κ3) is 5.59. The number of carbonyl (C=O) groups excluding carboxylic acids is 2. The number of ether oxygens (including phenoxy) is 3. The Kier molecular flexibility index (Phi) is 7.91. The minimum Gasteiger partial charge on any atom is -0.493 e. The fraction of sp³-hybridized carbons (Fsp3) is 0.192. The Morgan fingerprint density at radius 3 is 2.63 bits per heavy atom. The summed E-state index contributed by atoms with van der Waals surface area (Å²) in [6.07, 6.45) is 1.81. The largest absolute Gasteiger partial charge is 0.493 e. The lowest BCUT2D eigenvalue weighted by Crippen LogP contribution is -2.17. The number of anilines is 1. The molecule has 0 fully saturated rings. The van der Waals surface area contributed by atoms with Crippen LogP contribution in [-0.4, -0.2) is 46.5 Å². The van der Waals surface area contributed by atoms with Gasteiger partial charge in [-0.15, -0.1) is 0 Å². The number of methoxy groups -OCH3 is 1. The van der Waals surface area contributed by atoms with Crippen LogP contribution in [0.4, 0.5) is 11.5 Å². The van der Waals surface area contributed by atoms with Crippen molar-refractivity contribution in [2.24, 2.45) is 0 Å². The number of aryl methyl sites for hydroxylation is 1. The van der Waals surface area contributed by atoms with E-state index in [9.17, 15) is 19.7 Å². The van der Waals surface area contributed by atoms with E-state index in [2.05, 4.69) is 21.2 Å². The molecule has 2 heterocycles. The van der Waals surface area contributed by atoms with Crippen LogP contribution in [0, 0.1) is 17.0 Å². The van der Waals surface area contributed by atoms with Gasteiger partial charge in [0.05, 0.1) is 24.2 Å². The predicted molar refractivity (Wildman–Crippen MR) is 143 cm³/mol.